The van der Waals surface area contributed by atoms with Gasteiger partial charge in [0.2, 0.25) is 0 Å². The molecule has 44 valence electrons. The van der Waals surface area contributed by atoms with E-state index in [0.29, 0.717) is 0 Å². The zero-order valence-corrected chi connectivity index (χ0v) is 4.60. The molecule has 0 unspecified atom stereocenters. The minimum Gasteiger partial charge on any atom is -0.397 e. The third-order valence-electron chi connectivity index (χ3n) is 0. The van der Waals surface area contributed by atoms with Crippen LogP contribution in [0.1, 0.15) is 14.4 Å². The Labute approximate surface area is 51.6 Å². The maximum atomic E-state index is 7.57. The monoisotopic (exact) mass is 134 g/mol. The van der Waals surface area contributed by atoms with Gasteiger partial charge in [-0.1, -0.05) is 7.43 Å². The van der Waals surface area contributed by atoms with Crippen LogP contribution in [0.15, 0.2) is 0 Å². The SMILES string of the molecule is C.CCO.Cl.Cl. The van der Waals surface area contributed by atoms with Crippen LogP contribution < -0.4 is 0 Å². The molecule has 0 spiro atoms. The van der Waals surface area contributed by atoms with Crippen molar-refractivity contribution in [3.8, 4) is 0 Å². The van der Waals surface area contributed by atoms with Gasteiger partial charge >= 0.3 is 0 Å². The molecule has 0 amide bonds. The Hall–Kier alpha value is 0.540. The molecule has 0 radical (unpaired) electrons. The van der Waals surface area contributed by atoms with E-state index < -0.39 is 0 Å². The second-order valence-electron chi connectivity index (χ2n) is 0.316. The quantitative estimate of drug-likeness (QED) is 0.533. The van der Waals surface area contributed by atoms with Crippen LogP contribution in [0.4, 0.5) is 0 Å². The number of hydrogen-bond acceptors (Lipinski definition) is 1. The van der Waals surface area contributed by atoms with Gasteiger partial charge in [0.05, 0.1) is 0 Å². The molecule has 0 saturated heterocycles. The summed E-state index contributed by atoms with van der Waals surface area (Å²) in [5, 5.41) is 7.57. The fraction of sp³-hybridized carbons (Fsp3) is 1.00. The highest BCUT2D eigenvalue weighted by atomic mass is 35.5. The van der Waals surface area contributed by atoms with Gasteiger partial charge in [-0.25, -0.2) is 0 Å². The van der Waals surface area contributed by atoms with E-state index in [1.54, 1.807) is 6.92 Å². The lowest BCUT2D eigenvalue weighted by atomic mass is 10.9. The second kappa shape index (κ2) is 48.1. The molecule has 0 bridgehead atoms. The van der Waals surface area contributed by atoms with Crippen LogP contribution in [-0.4, -0.2) is 11.7 Å². The first-order chi connectivity index (χ1) is 1.41. The van der Waals surface area contributed by atoms with Crippen LogP contribution in [-0.2, 0) is 0 Å². The predicted octanol–water partition coefficient (Wildman–Crippen LogP) is 1.48. The van der Waals surface area contributed by atoms with E-state index in [1.807, 2.05) is 0 Å². The van der Waals surface area contributed by atoms with Crippen molar-refractivity contribution in [1.29, 1.82) is 0 Å². The second-order valence-corrected chi connectivity index (χ2v) is 0.316. The van der Waals surface area contributed by atoms with E-state index in [4.69, 9.17) is 5.11 Å². The van der Waals surface area contributed by atoms with Crippen LogP contribution in [0.3, 0.4) is 0 Å². The van der Waals surface area contributed by atoms with Crippen LogP contribution in [0.5, 0.6) is 0 Å². The first-order valence-corrected chi connectivity index (χ1v) is 1.02. The fourth-order valence-electron chi connectivity index (χ4n) is 0. The number of aliphatic hydroxyl groups excluding tert-OH is 1. The molecule has 0 rings (SSSR count). The zero-order valence-electron chi connectivity index (χ0n) is 2.97. The molecule has 0 aliphatic heterocycles. The molecule has 6 heavy (non-hydrogen) atoms. The molecule has 0 aromatic rings. The van der Waals surface area contributed by atoms with E-state index in [2.05, 4.69) is 0 Å². The zero-order chi connectivity index (χ0) is 2.71. The fourth-order valence-corrected chi connectivity index (χ4v) is 0. The summed E-state index contributed by atoms with van der Waals surface area (Å²) in [4.78, 5) is 0. The first-order valence-electron chi connectivity index (χ1n) is 1.02. The van der Waals surface area contributed by atoms with Crippen molar-refractivity contribution in [2.45, 2.75) is 14.4 Å². The maximum Gasteiger partial charge on any atom is 0.0402 e. The summed E-state index contributed by atoms with van der Waals surface area (Å²) in [7, 11) is 0. The highest BCUT2D eigenvalue weighted by Crippen LogP contribution is 1.30. The summed E-state index contributed by atoms with van der Waals surface area (Å²) in [6.07, 6.45) is 0. The van der Waals surface area contributed by atoms with Crippen molar-refractivity contribution in [1.82, 2.24) is 0 Å². The van der Waals surface area contributed by atoms with E-state index in [-0.39, 0.29) is 38.8 Å². The Morgan fingerprint density at radius 2 is 1.33 bits per heavy atom. The molecular formula is C3H12Cl2O. The lowest BCUT2D eigenvalue weighted by Gasteiger charge is -1.52. The first kappa shape index (κ1) is 31.1. The van der Waals surface area contributed by atoms with Gasteiger partial charge in [0, 0.05) is 6.61 Å². The Morgan fingerprint density at radius 3 is 1.33 bits per heavy atom. The van der Waals surface area contributed by atoms with Crippen molar-refractivity contribution in [3.63, 3.8) is 0 Å². The summed E-state index contributed by atoms with van der Waals surface area (Å²) < 4.78 is 0. The van der Waals surface area contributed by atoms with E-state index in [1.165, 1.54) is 0 Å². The summed E-state index contributed by atoms with van der Waals surface area (Å²) >= 11 is 0. The largest absolute Gasteiger partial charge is 0.397 e. The van der Waals surface area contributed by atoms with Crippen LogP contribution >= 0.6 is 24.8 Å². The molecule has 0 fully saturated rings. The normalized spacial score (nSPS) is 3.00. The third kappa shape index (κ3) is 195. The van der Waals surface area contributed by atoms with Crippen molar-refractivity contribution >= 4 is 24.8 Å². The van der Waals surface area contributed by atoms with Gasteiger partial charge in [0.25, 0.3) is 0 Å². The Bertz CT molecular complexity index is 8.75. The summed E-state index contributed by atoms with van der Waals surface area (Å²) in [6, 6.07) is 0. The standard InChI is InChI=1S/C2H6O.CH4.2ClH/c1-2-3;;;/h3H,2H2,1H3;1H4;2*1H. The number of rotatable bonds is 0. The van der Waals surface area contributed by atoms with Gasteiger partial charge in [-0.15, -0.1) is 24.8 Å². The topological polar surface area (TPSA) is 20.2 Å². The number of halogens is 2. The highest BCUT2D eigenvalue weighted by molar-refractivity contribution is 5.85. The molecule has 0 saturated carbocycles. The predicted molar refractivity (Wildman–Crippen MR) is 34.0 cm³/mol. The van der Waals surface area contributed by atoms with Gasteiger partial charge in [0.15, 0.2) is 0 Å². The molecule has 0 aliphatic carbocycles. The summed E-state index contributed by atoms with van der Waals surface area (Å²) in [5.41, 5.74) is 0. The number of aliphatic hydroxyl groups is 1. The van der Waals surface area contributed by atoms with Crippen molar-refractivity contribution in [3.05, 3.63) is 0 Å². The minimum atomic E-state index is 0. The third-order valence-corrected chi connectivity index (χ3v) is 0. The molecular weight excluding hydrogens is 123 g/mol. The van der Waals surface area contributed by atoms with E-state index >= 15 is 0 Å². The Kier molecular flexibility index (Phi) is 250. The molecule has 0 aromatic heterocycles. The molecule has 3 heteroatoms. The maximum absolute atomic E-state index is 7.57. The van der Waals surface area contributed by atoms with Crippen molar-refractivity contribution < 1.29 is 5.11 Å². The average molecular weight is 135 g/mol. The van der Waals surface area contributed by atoms with Gasteiger partial charge < -0.3 is 5.11 Å². The van der Waals surface area contributed by atoms with Gasteiger partial charge in [0.1, 0.15) is 0 Å². The van der Waals surface area contributed by atoms with Crippen LogP contribution in [0, 0.1) is 0 Å². The van der Waals surface area contributed by atoms with Crippen molar-refractivity contribution in [2.24, 2.45) is 0 Å². The molecule has 1 N–H and O–H groups in total. The van der Waals surface area contributed by atoms with Crippen molar-refractivity contribution in [2.75, 3.05) is 6.61 Å². The smallest absolute Gasteiger partial charge is 0.0402 e. The summed E-state index contributed by atoms with van der Waals surface area (Å²) in [6.45, 7) is 1.93. The molecule has 1 nitrogen and oxygen atoms in total. The summed E-state index contributed by atoms with van der Waals surface area (Å²) in [5.74, 6) is 0. The highest BCUT2D eigenvalue weighted by Gasteiger charge is 1.34. The lowest BCUT2D eigenvalue weighted by Crippen LogP contribution is -1.57. The number of hydrogen-bond donors (Lipinski definition) is 1. The average Bonchev–Trinajstić information content (AvgIpc) is 0.918. The van der Waals surface area contributed by atoms with Gasteiger partial charge in [-0.05, 0) is 6.92 Å². The van der Waals surface area contributed by atoms with E-state index in [9.17, 15) is 0 Å². The van der Waals surface area contributed by atoms with Gasteiger partial charge in [-0.3, -0.25) is 0 Å². The molecule has 0 atom stereocenters. The Morgan fingerprint density at radius 1 is 1.33 bits per heavy atom. The lowest BCUT2D eigenvalue weighted by molar-refractivity contribution is 0.318. The van der Waals surface area contributed by atoms with E-state index in [0.717, 1.165) is 0 Å². The minimum absolute atomic E-state index is 0. The van der Waals surface area contributed by atoms with Gasteiger partial charge in [-0.2, -0.15) is 0 Å². The Balaban J connectivity index is -0.00000000667. The molecule has 0 heterocycles. The molecule has 0 aromatic carbocycles. The molecule has 0 aliphatic rings. The van der Waals surface area contributed by atoms with Crippen LogP contribution in [0.25, 0.3) is 0 Å². The van der Waals surface area contributed by atoms with Crippen LogP contribution in [0.2, 0.25) is 0 Å².